The Balaban J connectivity index is 0.000000403. The van der Waals surface area contributed by atoms with Crippen LogP contribution in [0.1, 0.15) is 25.0 Å². The minimum absolute atomic E-state index is 0. The molecule has 2 rings (SSSR count). The molecular weight excluding hydrogens is 383 g/mol. The summed E-state index contributed by atoms with van der Waals surface area (Å²) >= 11 is 0. The summed E-state index contributed by atoms with van der Waals surface area (Å²) in [5, 5.41) is 22.1. The minimum atomic E-state index is 0. The number of nitrogens with zero attached hydrogens (tertiary/aromatic N) is 2. The molecule has 5 heteroatoms. The Morgan fingerprint density at radius 2 is 1.09 bits per heavy atom. The zero-order chi connectivity index (χ0) is 16.2. The smallest absolute Gasteiger partial charge is 0.872 e. The van der Waals surface area contributed by atoms with Gasteiger partial charge in [-0.1, -0.05) is 48.5 Å². The number of hydrogen-bond donors (Lipinski definition) is 0. The van der Waals surface area contributed by atoms with E-state index in [0.717, 1.165) is 0 Å². The van der Waals surface area contributed by atoms with Crippen LogP contribution in [-0.2, 0) is 20.4 Å². The van der Waals surface area contributed by atoms with E-state index < -0.39 is 0 Å². The molecule has 0 N–H and O–H groups in total. The monoisotopic (exact) mass is 402 g/mol. The van der Waals surface area contributed by atoms with Gasteiger partial charge in [0, 0.05) is 25.5 Å². The Labute approximate surface area is 151 Å². The SMILES string of the molecule is CCN=Cc1ccccc1[O-].CCN=Cc1ccccc1[O-].[Pd+2]. The molecule has 0 unspecified atom stereocenters. The molecule has 0 radical (unpaired) electrons. The topological polar surface area (TPSA) is 70.8 Å². The van der Waals surface area contributed by atoms with Gasteiger partial charge in [-0.2, -0.15) is 0 Å². The quantitative estimate of drug-likeness (QED) is 0.582. The van der Waals surface area contributed by atoms with Crippen molar-refractivity contribution in [3.05, 3.63) is 59.7 Å². The van der Waals surface area contributed by atoms with Crippen molar-refractivity contribution in [2.75, 3.05) is 13.1 Å². The molecule has 0 spiro atoms. The average molecular weight is 403 g/mol. The van der Waals surface area contributed by atoms with Crippen LogP contribution in [0.5, 0.6) is 11.5 Å². The van der Waals surface area contributed by atoms with Crippen LogP contribution < -0.4 is 10.2 Å². The molecule has 23 heavy (non-hydrogen) atoms. The maximum atomic E-state index is 11.0. The van der Waals surface area contributed by atoms with Crippen molar-refractivity contribution < 1.29 is 30.6 Å². The predicted molar refractivity (Wildman–Crippen MR) is 88.0 cm³/mol. The fourth-order valence-electron chi connectivity index (χ4n) is 1.55. The zero-order valence-corrected chi connectivity index (χ0v) is 14.8. The maximum Gasteiger partial charge on any atom is 2.00 e. The van der Waals surface area contributed by atoms with E-state index in [9.17, 15) is 10.2 Å². The maximum absolute atomic E-state index is 11.0. The predicted octanol–water partition coefficient (Wildman–Crippen LogP) is 2.40. The summed E-state index contributed by atoms with van der Waals surface area (Å²) in [5.74, 6) is 0.0643. The van der Waals surface area contributed by atoms with Gasteiger partial charge in [-0.15, -0.1) is 11.5 Å². The van der Waals surface area contributed by atoms with E-state index in [4.69, 9.17) is 0 Å². The zero-order valence-electron chi connectivity index (χ0n) is 13.2. The molecule has 0 aromatic heterocycles. The van der Waals surface area contributed by atoms with Crippen molar-refractivity contribution in [1.82, 2.24) is 0 Å². The summed E-state index contributed by atoms with van der Waals surface area (Å²) in [4.78, 5) is 7.96. The third-order valence-electron chi connectivity index (χ3n) is 2.66. The van der Waals surface area contributed by atoms with Crippen molar-refractivity contribution in [3.8, 4) is 11.5 Å². The summed E-state index contributed by atoms with van der Waals surface area (Å²) in [6.07, 6.45) is 3.23. The standard InChI is InChI=1S/2C9H11NO.Pd/c2*1-2-10-7-8-5-3-4-6-9(8)11;/h2*3-7,11H,2H2,1H3;/q;;+2/p-2. The first-order valence-electron chi connectivity index (χ1n) is 7.20. The molecule has 0 heterocycles. The summed E-state index contributed by atoms with van der Waals surface area (Å²) in [5.41, 5.74) is 1.32. The van der Waals surface area contributed by atoms with Crippen LogP contribution in [0.2, 0.25) is 0 Å². The van der Waals surface area contributed by atoms with Gasteiger partial charge in [0.05, 0.1) is 0 Å². The number of aliphatic imine (C=N–C) groups is 2. The molecule has 0 aliphatic carbocycles. The van der Waals surface area contributed by atoms with Gasteiger partial charge in [-0.05, 0) is 25.0 Å². The largest absolute Gasteiger partial charge is 2.00 e. The van der Waals surface area contributed by atoms with Crippen LogP contribution in [0.4, 0.5) is 0 Å². The van der Waals surface area contributed by atoms with Gasteiger partial charge in [-0.25, -0.2) is 0 Å². The van der Waals surface area contributed by atoms with E-state index in [1.807, 2.05) is 26.0 Å². The van der Waals surface area contributed by atoms with E-state index >= 15 is 0 Å². The van der Waals surface area contributed by atoms with Crippen molar-refractivity contribution in [1.29, 1.82) is 0 Å². The van der Waals surface area contributed by atoms with Crippen molar-refractivity contribution in [2.45, 2.75) is 13.8 Å². The molecule has 2 aromatic rings. The van der Waals surface area contributed by atoms with Crippen LogP contribution in [0.25, 0.3) is 0 Å². The van der Waals surface area contributed by atoms with Gasteiger partial charge in [0.15, 0.2) is 0 Å². The van der Waals surface area contributed by atoms with Crippen LogP contribution in [-0.4, -0.2) is 25.5 Å². The van der Waals surface area contributed by atoms with Gasteiger partial charge >= 0.3 is 20.4 Å². The number of hydrogen-bond acceptors (Lipinski definition) is 4. The second-order valence-electron chi connectivity index (χ2n) is 4.33. The molecule has 4 nitrogen and oxygen atoms in total. The van der Waals surface area contributed by atoms with E-state index in [2.05, 4.69) is 9.98 Å². The fourth-order valence-corrected chi connectivity index (χ4v) is 1.55. The van der Waals surface area contributed by atoms with Crippen LogP contribution in [0.3, 0.4) is 0 Å². The van der Waals surface area contributed by atoms with Crippen molar-refractivity contribution >= 4 is 12.4 Å². The van der Waals surface area contributed by atoms with Crippen LogP contribution in [0.15, 0.2) is 58.5 Å². The Kier molecular flexibility index (Phi) is 11.5. The second kappa shape index (κ2) is 12.6. The molecular formula is C18H20N2O2Pd. The van der Waals surface area contributed by atoms with Crippen molar-refractivity contribution in [2.24, 2.45) is 9.98 Å². The Morgan fingerprint density at radius 3 is 1.39 bits per heavy atom. The molecule has 0 bridgehead atoms. The van der Waals surface area contributed by atoms with E-state index in [1.165, 1.54) is 12.1 Å². The molecule has 2 aromatic carbocycles. The molecule has 0 saturated carbocycles. The van der Waals surface area contributed by atoms with Gasteiger partial charge in [0.2, 0.25) is 0 Å². The first-order chi connectivity index (χ1) is 10.7. The molecule has 0 saturated heterocycles. The first kappa shape index (κ1) is 21.0. The van der Waals surface area contributed by atoms with Gasteiger partial charge in [0.25, 0.3) is 0 Å². The molecule has 0 aliphatic rings. The summed E-state index contributed by atoms with van der Waals surface area (Å²) < 4.78 is 0. The summed E-state index contributed by atoms with van der Waals surface area (Å²) in [6.45, 7) is 5.30. The Morgan fingerprint density at radius 1 is 0.739 bits per heavy atom. The summed E-state index contributed by atoms with van der Waals surface area (Å²) in [7, 11) is 0. The third-order valence-corrected chi connectivity index (χ3v) is 2.66. The minimum Gasteiger partial charge on any atom is -0.872 e. The van der Waals surface area contributed by atoms with Crippen LogP contribution >= 0.6 is 0 Å². The number of rotatable bonds is 4. The molecule has 124 valence electrons. The third kappa shape index (κ3) is 8.30. The molecule has 0 aliphatic heterocycles. The average Bonchev–Trinajstić information content (AvgIpc) is 2.54. The molecule has 0 atom stereocenters. The van der Waals surface area contributed by atoms with Crippen LogP contribution in [0, 0.1) is 0 Å². The Hall–Kier alpha value is -1.96. The molecule has 0 fully saturated rings. The van der Waals surface area contributed by atoms with Gasteiger partial charge in [0.1, 0.15) is 0 Å². The fraction of sp³-hybridized carbons (Fsp3) is 0.222. The van der Waals surface area contributed by atoms with E-state index in [0.29, 0.717) is 24.2 Å². The second-order valence-corrected chi connectivity index (χ2v) is 4.33. The Bertz CT molecular complexity index is 572. The number of para-hydroxylation sites is 2. The number of benzene rings is 2. The van der Waals surface area contributed by atoms with Crippen molar-refractivity contribution in [3.63, 3.8) is 0 Å². The normalized spacial score (nSPS) is 10.2. The first-order valence-corrected chi connectivity index (χ1v) is 7.20. The van der Waals surface area contributed by atoms with E-state index in [1.54, 1.807) is 36.7 Å². The van der Waals surface area contributed by atoms with Gasteiger partial charge < -0.3 is 10.2 Å². The molecule has 0 amide bonds. The van der Waals surface area contributed by atoms with Gasteiger partial charge in [-0.3, -0.25) is 9.98 Å². The van der Waals surface area contributed by atoms with E-state index in [-0.39, 0.29) is 31.9 Å². The summed E-state index contributed by atoms with van der Waals surface area (Å²) in [6, 6.07) is 13.7.